The lowest BCUT2D eigenvalue weighted by Crippen LogP contribution is -2.39. The van der Waals surface area contributed by atoms with Gasteiger partial charge in [-0.05, 0) is 44.0 Å². The van der Waals surface area contributed by atoms with Gasteiger partial charge in [-0.25, -0.2) is 0 Å². The molecule has 0 saturated carbocycles. The van der Waals surface area contributed by atoms with Crippen molar-refractivity contribution >= 4 is 17.3 Å². The Morgan fingerprint density at radius 1 is 1.37 bits per heavy atom. The smallest absolute Gasteiger partial charge is 0.137 e. The van der Waals surface area contributed by atoms with Gasteiger partial charge >= 0.3 is 0 Å². The van der Waals surface area contributed by atoms with Gasteiger partial charge in [-0.15, -0.1) is 0 Å². The maximum Gasteiger partial charge on any atom is 0.137 e. The van der Waals surface area contributed by atoms with Crippen LogP contribution in [0.5, 0.6) is 5.75 Å². The fourth-order valence-electron chi connectivity index (χ4n) is 2.61. The molecule has 19 heavy (non-hydrogen) atoms. The summed E-state index contributed by atoms with van der Waals surface area (Å²) >= 11 is 6.14. The Hall–Kier alpha value is -0.930. The van der Waals surface area contributed by atoms with E-state index in [4.69, 9.17) is 16.3 Å². The van der Waals surface area contributed by atoms with Gasteiger partial charge in [0.05, 0.1) is 12.1 Å². The third kappa shape index (κ3) is 4.02. The van der Waals surface area contributed by atoms with Crippen LogP contribution >= 0.6 is 11.6 Å². The van der Waals surface area contributed by atoms with Crippen molar-refractivity contribution in [3.8, 4) is 5.75 Å². The van der Waals surface area contributed by atoms with E-state index in [-0.39, 0.29) is 0 Å². The lowest BCUT2D eigenvalue weighted by Gasteiger charge is -2.32. The molecule has 2 rings (SSSR count). The summed E-state index contributed by atoms with van der Waals surface area (Å²) in [5.74, 6) is 0.727. The molecule has 1 aliphatic heterocycles. The van der Waals surface area contributed by atoms with Crippen LogP contribution in [0, 0.1) is 0 Å². The summed E-state index contributed by atoms with van der Waals surface area (Å²) in [5.41, 5.74) is 1.08. The van der Waals surface area contributed by atoms with Gasteiger partial charge in [-0.2, -0.15) is 0 Å². The van der Waals surface area contributed by atoms with Gasteiger partial charge in [0.25, 0.3) is 0 Å². The Balaban J connectivity index is 1.87. The van der Waals surface area contributed by atoms with Crippen molar-refractivity contribution in [3.63, 3.8) is 0 Å². The van der Waals surface area contributed by atoms with E-state index in [9.17, 15) is 0 Å². The SMILES string of the molecule is CCCN1CCC(Nc2ccc(OC)c(Cl)c2)CC1. The zero-order chi connectivity index (χ0) is 13.7. The van der Waals surface area contributed by atoms with Gasteiger partial charge in [0.2, 0.25) is 0 Å². The standard InChI is InChI=1S/C15H23ClN2O/c1-3-8-18-9-6-12(7-10-18)17-13-4-5-15(19-2)14(16)11-13/h4-5,11-12,17H,3,6-10H2,1-2H3. The number of nitrogens with zero attached hydrogens (tertiary/aromatic N) is 1. The molecule has 0 amide bonds. The molecule has 1 aromatic carbocycles. The van der Waals surface area contributed by atoms with Gasteiger partial charge in [0.15, 0.2) is 0 Å². The van der Waals surface area contributed by atoms with Crippen molar-refractivity contribution in [1.29, 1.82) is 0 Å². The number of likely N-dealkylation sites (tertiary alicyclic amines) is 1. The monoisotopic (exact) mass is 282 g/mol. The van der Waals surface area contributed by atoms with Crippen LogP contribution in [0.4, 0.5) is 5.69 Å². The van der Waals surface area contributed by atoms with Gasteiger partial charge in [0.1, 0.15) is 5.75 Å². The van der Waals surface area contributed by atoms with E-state index >= 15 is 0 Å². The summed E-state index contributed by atoms with van der Waals surface area (Å²) < 4.78 is 5.16. The van der Waals surface area contributed by atoms with Crippen LogP contribution < -0.4 is 10.1 Å². The van der Waals surface area contributed by atoms with Crippen molar-refractivity contribution in [2.24, 2.45) is 0 Å². The second-order valence-corrected chi connectivity index (χ2v) is 5.52. The molecule has 0 aromatic heterocycles. The van der Waals surface area contributed by atoms with E-state index in [2.05, 4.69) is 17.1 Å². The van der Waals surface area contributed by atoms with E-state index in [1.807, 2.05) is 18.2 Å². The predicted octanol–water partition coefficient (Wildman–Crippen LogP) is 3.63. The largest absolute Gasteiger partial charge is 0.495 e. The molecule has 4 heteroatoms. The maximum absolute atomic E-state index is 6.14. The molecule has 0 unspecified atom stereocenters. The van der Waals surface area contributed by atoms with Crippen LogP contribution in [0.2, 0.25) is 5.02 Å². The number of benzene rings is 1. The molecule has 0 radical (unpaired) electrons. The maximum atomic E-state index is 6.14. The number of hydrogen-bond acceptors (Lipinski definition) is 3. The minimum Gasteiger partial charge on any atom is -0.495 e. The summed E-state index contributed by atoms with van der Waals surface area (Å²) in [6.07, 6.45) is 3.64. The molecule has 1 heterocycles. The topological polar surface area (TPSA) is 24.5 Å². The third-order valence-corrected chi connectivity index (χ3v) is 3.95. The fourth-order valence-corrected chi connectivity index (χ4v) is 2.87. The lowest BCUT2D eigenvalue weighted by molar-refractivity contribution is 0.219. The predicted molar refractivity (Wildman–Crippen MR) is 81.4 cm³/mol. The van der Waals surface area contributed by atoms with Crippen LogP contribution in [0.15, 0.2) is 18.2 Å². The third-order valence-electron chi connectivity index (χ3n) is 3.65. The first kappa shape index (κ1) is 14.5. The number of halogens is 1. The molecule has 1 fully saturated rings. The van der Waals surface area contributed by atoms with Gasteiger partial charge < -0.3 is 15.0 Å². The van der Waals surface area contributed by atoms with E-state index in [1.54, 1.807) is 7.11 Å². The fraction of sp³-hybridized carbons (Fsp3) is 0.600. The summed E-state index contributed by atoms with van der Waals surface area (Å²) in [5, 5.41) is 4.23. The number of hydrogen-bond donors (Lipinski definition) is 1. The average Bonchev–Trinajstić information content (AvgIpc) is 2.42. The average molecular weight is 283 g/mol. The van der Waals surface area contributed by atoms with Crippen LogP contribution in [0.25, 0.3) is 0 Å². The van der Waals surface area contributed by atoms with E-state index in [0.717, 1.165) is 11.4 Å². The van der Waals surface area contributed by atoms with Gasteiger partial charge in [0, 0.05) is 24.8 Å². The minimum atomic E-state index is 0.553. The molecule has 1 N–H and O–H groups in total. The number of piperidine rings is 1. The van der Waals surface area contributed by atoms with Crippen LogP contribution in [0.1, 0.15) is 26.2 Å². The summed E-state index contributed by atoms with van der Waals surface area (Å²) in [4.78, 5) is 2.54. The molecular formula is C15H23ClN2O. The molecule has 0 bridgehead atoms. The lowest BCUT2D eigenvalue weighted by atomic mass is 10.0. The molecule has 1 aliphatic rings. The highest BCUT2D eigenvalue weighted by Crippen LogP contribution is 2.28. The van der Waals surface area contributed by atoms with Crippen molar-refractivity contribution in [2.45, 2.75) is 32.2 Å². The molecule has 1 saturated heterocycles. The number of rotatable bonds is 5. The summed E-state index contributed by atoms with van der Waals surface area (Å²) in [6.45, 7) is 5.84. The first-order chi connectivity index (χ1) is 9.22. The minimum absolute atomic E-state index is 0.553. The molecule has 1 aromatic rings. The zero-order valence-electron chi connectivity index (χ0n) is 11.8. The summed E-state index contributed by atoms with van der Waals surface area (Å²) in [7, 11) is 1.64. The normalized spacial score (nSPS) is 17.4. The van der Waals surface area contributed by atoms with Crippen molar-refractivity contribution < 1.29 is 4.74 Å². The van der Waals surface area contributed by atoms with Crippen LogP contribution in [-0.2, 0) is 0 Å². The number of nitrogens with one attached hydrogen (secondary N) is 1. The van der Waals surface area contributed by atoms with E-state index in [0.29, 0.717) is 11.1 Å². The van der Waals surface area contributed by atoms with Gasteiger partial charge in [-0.3, -0.25) is 0 Å². The molecule has 0 aliphatic carbocycles. The van der Waals surface area contributed by atoms with E-state index < -0.39 is 0 Å². The number of ether oxygens (including phenoxy) is 1. The second kappa shape index (κ2) is 7.01. The Morgan fingerprint density at radius 2 is 2.11 bits per heavy atom. The highest BCUT2D eigenvalue weighted by Gasteiger charge is 2.18. The van der Waals surface area contributed by atoms with Crippen molar-refractivity contribution in [3.05, 3.63) is 23.2 Å². The number of anilines is 1. The molecule has 0 spiro atoms. The zero-order valence-corrected chi connectivity index (χ0v) is 12.5. The second-order valence-electron chi connectivity index (χ2n) is 5.11. The Labute approximate surface area is 120 Å². The number of methoxy groups -OCH3 is 1. The van der Waals surface area contributed by atoms with Crippen LogP contribution in [-0.4, -0.2) is 37.7 Å². The molecule has 0 atom stereocenters. The molecule has 106 valence electrons. The van der Waals surface area contributed by atoms with Crippen molar-refractivity contribution in [1.82, 2.24) is 4.90 Å². The Bertz CT molecular complexity index is 403. The van der Waals surface area contributed by atoms with E-state index in [1.165, 1.54) is 38.9 Å². The highest BCUT2D eigenvalue weighted by molar-refractivity contribution is 6.32. The first-order valence-corrected chi connectivity index (χ1v) is 7.43. The van der Waals surface area contributed by atoms with Crippen molar-refractivity contribution in [2.75, 3.05) is 32.1 Å². The Morgan fingerprint density at radius 3 is 2.68 bits per heavy atom. The molecular weight excluding hydrogens is 260 g/mol. The Kier molecular flexibility index (Phi) is 5.34. The summed E-state index contributed by atoms with van der Waals surface area (Å²) in [6, 6.07) is 6.44. The first-order valence-electron chi connectivity index (χ1n) is 7.05. The van der Waals surface area contributed by atoms with Gasteiger partial charge in [-0.1, -0.05) is 18.5 Å². The highest BCUT2D eigenvalue weighted by atomic mass is 35.5. The van der Waals surface area contributed by atoms with Crippen LogP contribution in [0.3, 0.4) is 0 Å². The molecule has 3 nitrogen and oxygen atoms in total. The quantitative estimate of drug-likeness (QED) is 0.892.